The van der Waals surface area contributed by atoms with Crippen LogP contribution in [0.5, 0.6) is 0 Å². The zero-order chi connectivity index (χ0) is 27.9. The van der Waals surface area contributed by atoms with Crippen molar-refractivity contribution in [3.63, 3.8) is 0 Å². The quantitative estimate of drug-likeness (QED) is 0.134. The molecular formula is C25H30ClIN6O3SSi. The maximum atomic E-state index is 13.5. The van der Waals surface area contributed by atoms with Gasteiger partial charge in [-0.05, 0) is 76.9 Å². The van der Waals surface area contributed by atoms with Gasteiger partial charge in [-0.3, -0.25) is 0 Å². The van der Waals surface area contributed by atoms with E-state index < -0.39 is 18.3 Å². The summed E-state index contributed by atoms with van der Waals surface area (Å²) in [5, 5.41) is 3.79. The molecule has 0 amide bonds. The van der Waals surface area contributed by atoms with E-state index in [-0.39, 0.29) is 27.4 Å². The van der Waals surface area contributed by atoms with E-state index >= 15 is 0 Å². The van der Waals surface area contributed by atoms with Crippen molar-refractivity contribution in [1.29, 1.82) is 0 Å². The van der Waals surface area contributed by atoms with E-state index in [1.165, 1.54) is 6.20 Å². The number of benzene rings is 1. The first-order chi connectivity index (χ1) is 17.7. The van der Waals surface area contributed by atoms with E-state index in [0.29, 0.717) is 32.8 Å². The standard InChI is InChI=1S/C25H30ClIN6O3SSi/c1-16-9-7-8-10-19(16)37(34,35)33-14-18(27)21-22(31-24(26)32-23(21)33)29-13-20-28-12-11-17(30-20)15-36-38(5,6)25(2,3)4/h7-12,14H,13,15H2,1-6H3,(H,29,31,32). The van der Waals surface area contributed by atoms with Crippen LogP contribution < -0.4 is 5.32 Å². The maximum Gasteiger partial charge on any atom is 0.269 e. The van der Waals surface area contributed by atoms with Gasteiger partial charge in [0.25, 0.3) is 10.0 Å². The average Bonchev–Trinajstić information content (AvgIpc) is 3.18. The molecule has 3 heterocycles. The SMILES string of the molecule is Cc1ccccc1S(=O)(=O)n1cc(I)c2c(NCc3nccc(CO[Si](C)(C)C(C)(C)C)n3)nc(Cl)nc21. The van der Waals surface area contributed by atoms with Crippen LogP contribution in [0.3, 0.4) is 0 Å². The molecule has 0 spiro atoms. The van der Waals surface area contributed by atoms with Gasteiger partial charge in [0.1, 0.15) is 11.6 Å². The Hall–Kier alpha value is -2.13. The Labute approximate surface area is 242 Å². The van der Waals surface area contributed by atoms with Crippen molar-refractivity contribution in [3.8, 4) is 0 Å². The molecule has 1 N–H and O–H groups in total. The van der Waals surface area contributed by atoms with Crippen LogP contribution in [0.25, 0.3) is 11.0 Å². The number of nitrogens with zero attached hydrogens (tertiary/aromatic N) is 5. The lowest BCUT2D eigenvalue weighted by molar-refractivity contribution is 0.271. The van der Waals surface area contributed by atoms with Gasteiger partial charge in [0, 0.05) is 16.0 Å². The number of aromatic nitrogens is 5. The molecule has 0 saturated carbocycles. The van der Waals surface area contributed by atoms with Gasteiger partial charge in [-0.2, -0.15) is 9.97 Å². The summed E-state index contributed by atoms with van der Waals surface area (Å²) in [6.07, 6.45) is 3.23. The molecule has 0 radical (unpaired) electrons. The lowest BCUT2D eigenvalue weighted by Gasteiger charge is -2.36. The van der Waals surface area contributed by atoms with Crippen LogP contribution >= 0.6 is 34.2 Å². The van der Waals surface area contributed by atoms with E-state index in [2.05, 4.69) is 81.7 Å². The van der Waals surface area contributed by atoms with Gasteiger partial charge in [0.15, 0.2) is 14.0 Å². The molecule has 202 valence electrons. The number of rotatable bonds is 8. The third kappa shape index (κ3) is 5.88. The van der Waals surface area contributed by atoms with Gasteiger partial charge < -0.3 is 9.74 Å². The molecule has 1 aromatic carbocycles. The molecule has 0 aliphatic heterocycles. The van der Waals surface area contributed by atoms with Gasteiger partial charge >= 0.3 is 0 Å². The van der Waals surface area contributed by atoms with E-state index in [1.54, 1.807) is 37.4 Å². The van der Waals surface area contributed by atoms with Crippen molar-refractivity contribution in [2.24, 2.45) is 0 Å². The first-order valence-electron chi connectivity index (χ1n) is 11.9. The molecule has 9 nitrogen and oxygen atoms in total. The Kier molecular flexibility index (Phi) is 8.20. The van der Waals surface area contributed by atoms with Crippen molar-refractivity contribution in [1.82, 2.24) is 23.9 Å². The first-order valence-corrected chi connectivity index (χ1v) is 17.7. The summed E-state index contributed by atoms with van der Waals surface area (Å²) in [4.78, 5) is 17.8. The van der Waals surface area contributed by atoms with Gasteiger partial charge in [0.2, 0.25) is 5.28 Å². The molecule has 0 aliphatic carbocycles. The number of anilines is 1. The summed E-state index contributed by atoms with van der Waals surface area (Å²) in [7, 11) is -5.83. The highest BCUT2D eigenvalue weighted by Crippen LogP contribution is 2.37. The topological polar surface area (TPSA) is 112 Å². The van der Waals surface area contributed by atoms with E-state index in [4.69, 9.17) is 16.0 Å². The fourth-order valence-corrected chi connectivity index (χ4v) is 7.15. The van der Waals surface area contributed by atoms with Crippen molar-refractivity contribution < 1.29 is 12.8 Å². The molecular weight excluding hydrogens is 655 g/mol. The average molecular weight is 685 g/mol. The summed E-state index contributed by atoms with van der Waals surface area (Å²) in [6.45, 7) is 13.4. The Morgan fingerprint density at radius 1 is 1.13 bits per heavy atom. The molecule has 38 heavy (non-hydrogen) atoms. The lowest BCUT2D eigenvalue weighted by Crippen LogP contribution is -2.40. The number of aryl methyl sites for hydroxylation is 1. The van der Waals surface area contributed by atoms with Crippen LogP contribution in [0.2, 0.25) is 23.4 Å². The molecule has 3 aromatic heterocycles. The normalized spacial score (nSPS) is 12.7. The minimum Gasteiger partial charge on any atom is -0.411 e. The minimum absolute atomic E-state index is 0.0758. The van der Waals surface area contributed by atoms with Gasteiger partial charge in [-0.25, -0.2) is 22.4 Å². The fraction of sp³-hybridized carbons (Fsp3) is 0.360. The number of hydrogen-bond donors (Lipinski definition) is 1. The lowest BCUT2D eigenvalue weighted by atomic mass is 10.2. The summed E-state index contributed by atoms with van der Waals surface area (Å²) in [5.74, 6) is 0.945. The second kappa shape index (κ2) is 10.8. The zero-order valence-electron chi connectivity index (χ0n) is 22.1. The number of halogens is 2. The highest BCUT2D eigenvalue weighted by molar-refractivity contribution is 14.1. The predicted molar refractivity (Wildman–Crippen MR) is 160 cm³/mol. The van der Waals surface area contributed by atoms with E-state index in [0.717, 1.165) is 9.67 Å². The van der Waals surface area contributed by atoms with Crippen molar-refractivity contribution in [2.75, 3.05) is 5.32 Å². The Balaban J connectivity index is 1.62. The van der Waals surface area contributed by atoms with Crippen LogP contribution in [0, 0.1) is 10.5 Å². The van der Waals surface area contributed by atoms with Crippen LogP contribution in [-0.4, -0.2) is 40.6 Å². The monoisotopic (exact) mass is 684 g/mol. The Morgan fingerprint density at radius 2 is 1.84 bits per heavy atom. The van der Waals surface area contributed by atoms with Crippen LogP contribution in [0.15, 0.2) is 47.6 Å². The highest BCUT2D eigenvalue weighted by Gasteiger charge is 2.37. The van der Waals surface area contributed by atoms with Crippen LogP contribution in [-0.2, 0) is 27.6 Å². The van der Waals surface area contributed by atoms with Crippen molar-refractivity contribution in [3.05, 3.63) is 68.7 Å². The molecule has 0 atom stereocenters. The number of hydrogen-bond acceptors (Lipinski definition) is 8. The molecule has 0 saturated heterocycles. The number of fused-ring (bicyclic) bond motifs is 1. The highest BCUT2D eigenvalue weighted by atomic mass is 127. The molecule has 13 heteroatoms. The van der Waals surface area contributed by atoms with E-state index in [9.17, 15) is 8.42 Å². The van der Waals surface area contributed by atoms with Gasteiger partial charge in [-0.15, -0.1) is 0 Å². The molecule has 0 fully saturated rings. The fourth-order valence-electron chi connectivity index (χ4n) is 3.53. The second-order valence-corrected chi connectivity index (χ2v) is 18.5. The molecule has 0 bridgehead atoms. The van der Waals surface area contributed by atoms with Crippen LogP contribution in [0.1, 0.15) is 37.9 Å². The minimum atomic E-state index is -3.91. The van der Waals surface area contributed by atoms with Gasteiger partial charge in [0.05, 0.1) is 29.1 Å². The van der Waals surface area contributed by atoms with E-state index in [1.807, 2.05) is 6.07 Å². The third-order valence-electron chi connectivity index (χ3n) is 6.74. The summed E-state index contributed by atoms with van der Waals surface area (Å²) in [6, 6.07) is 8.66. The Bertz CT molecular complexity index is 1600. The Morgan fingerprint density at radius 3 is 2.53 bits per heavy atom. The van der Waals surface area contributed by atoms with Gasteiger partial charge in [-0.1, -0.05) is 39.0 Å². The largest absolute Gasteiger partial charge is 0.411 e. The van der Waals surface area contributed by atoms with Crippen molar-refractivity contribution >= 4 is 69.4 Å². The summed E-state index contributed by atoms with van der Waals surface area (Å²) < 4.78 is 35.2. The smallest absolute Gasteiger partial charge is 0.269 e. The summed E-state index contributed by atoms with van der Waals surface area (Å²) in [5.41, 5.74) is 1.62. The molecule has 4 aromatic rings. The summed E-state index contributed by atoms with van der Waals surface area (Å²) >= 11 is 8.32. The second-order valence-electron chi connectivity index (χ2n) is 10.4. The number of nitrogens with one attached hydrogen (secondary N) is 1. The predicted octanol–water partition coefficient (Wildman–Crippen LogP) is 6.16. The molecule has 4 rings (SSSR count). The molecule has 0 unspecified atom stereocenters. The molecule has 0 aliphatic rings. The van der Waals surface area contributed by atoms with Crippen molar-refractivity contribution in [2.45, 2.75) is 63.9 Å². The first kappa shape index (κ1) is 28.9. The maximum absolute atomic E-state index is 13.5. The van der Waals surface area contributed by atoms with Crippen LogP contribution in [0.4, 0.5) is 5.82 Å². The zero-order valence-corrected chi connectivity index (χ0v) is 26.8. The third-order valence-corrected chi connectivity index (χ3v) is 14.0.